The van der Waals surface area contributed by atoms with Crippen molar-refractivity contribution in [3.8, 4) is 0 Å². The van der Waals surface area contributed by atoms with Crippen molar-refractivity contribution in [1.82, 2.24) is 0 Å². The molecule has 0 saturated heterocycles. The second-order valence-corrected chi connectivity index (χ2v) is 6.71. The van der Waals surface area contributed by atoms with Crippen molar-refractivity contribution in [2.45, 2.75) is 20.8 Å². The van der Waals surface area contributed by atoms with Crippen LogP contribution in [0.15, 0.2) is 30.3 Å². The van der Waals surface area contributed by atoms with Crippen LogP contribution in [0.3, 0.4) is 0 Å². The molecule has 0 N–H and O–H groups in total. The molecule has 0 spiro atoms. The number of hydrogen-bond acceptors (Lipinski definition) is 2. The monoisotopic (exact) mass is 228 g/mol. The van der Waals surface area contributed by atoms with Crippen LogP contribution in [-0.4, -0.2) is 19.4 Å². The van der Waals surface area contributed by atoms with Crippen LogP contribution in [0.5, 0.6) is 0 Å². The van der Waals surface area contributed by atoms with Crippen molar-refractivity contribution in [3.05, 3.63) is 30.3 Å². The molecule has 0 fully saturated rings. The van der Waals surface area contributed by atoms with Gasteiger partial charge in [0.15, 0.2) is 0 Å². The van der Waals surface area contributed by atoms with Gasteiger partial charge in [0.05, 0.1) is 0 Å². The molecule has 0 heterocycles. The summed E-state index contributed by atoms with van der Waals surface area (Å²) in [5.41, 5.74) is 0. The van der Waals surface area contributed by atoms with E-state index >= 15 is 0 Å². The molecule has 15 heavy (non-hydrogen) atoms. The number of rotatable bonds is 6. The first kappa shape index (κ1) is 12.6. The molecular formula is C12H21O2P. The molecule has 0 saturated carbocycles. The Morgan fingerprint density at radius 1 is 0.933 bits per heavy atom. The maximum absolute atomic E-state index is 5.92. The number of hydrogen-bond donors (Lipinski definition) is 0. The molecule has 0 bridgehead atoms. The molecule has 1 aromatic carbocycles. The molecule has 86 valence electrons. The summed E-state index contributed by atoms with van der Waals surface area (Å²) in [5.74, 6) is 0. The van der Waals surface area contributed by atoms with Gasteiger partial charge < -0.3 is 0 Å². The first-order chi connectivity index (χ1) is 7.29. The first-order valence-corrected chi connectivity index (χ1v) is 7.64. The zero-order chi connectivity index (χ0) is 11.1. The molecule has 0 aliphatic carbocycles. The quantitative estimate of drug-likeness (QED) is 0.697. The van der Waals surface area contributed by atoms with Crippen LogP contribution in [0.2, 0.25) is 0 Å². The van der Waals surface area contributed by atoms with Crippen LogP contribution in [0.4, 0.5) is 0 Å². The fourth-order valence-electron chi connectivity index (χ4n) is 1.77. The summed E-state index contributed by atoms with van der Waals surface area (Å²) < 4.78 is 11.8. The van der Waals surface area contributed by atoms with Crippen molar-refractivity contribution in [2.75, 3.05) is 19.4 Å². The summed E-state index contributed by atoms with van der Waals surface area (Å²) >= 11 is 0. The van der Waals surface area contributed by atoms with E-state index < -0.39 is 7.72 Å². The third-order valence-electron chi connectivity index (χ3n) is 2.43. The van der Waals surface area contributed by atoms with Gasteiger partial charge in [0.2, 0.25) is 0 Å². The van der Waals surface area contributed by atoms with Crippen molar-refractivity contribution >= 4 is 13.0 Å². The Bertz CT molecular complexity index is 268. The predicted octanol–water partition coefficient (Wildman–Crippen LogP) is 2.98. The van der Waals surface area contributed by atoms with Crippen LogP contribution < -0.4 is 5.30 Å². The summed E-state index contributed by atoms with van der Waals surface area (Å²) in [4.78, 5) is 0. The molecular weight excluding hydrogens is 207 g/mol. The standard InChI is InChI=1S/C12H21O2P/c1-4-13-15(6-3,14-5-2)12-10-8-7-9-11-12/h7-11,15H,4-6H2,1-3H3. The Hall–Kier alpha value is -0.430. The maximum atomic E-state index is 5.92. The van der Waals surface area contributed by atoms with E-state index in [-0.39, 0.29) is 0 Å². The van der Waals surface area contributed by atoms with Gasteiger partial charge in [-0.3, -0.25) is 0 Å². The average molecular weight is 228 g/mol. The second kappa shape index (κ2) is 6.22. The van der Waals surface area contributed by atoms with Gasteiger partial charge in [0.25, 0.3) is 0 Å². The molecule has 0 atom stereocenters. The first-order valence-electron chi connectivity index (χ1n) is 5.62. The third kappa shape index (κ3) is 3.01. The van der Waals surface area contributed by atoms with E-state index in [2.05, 4.69) is 19.1 Å². The zero-order valence-electron chi connectivity index (χ0n) is 9.82. The topological polar surface area (TPSA) is 18.5 Å². The Kier molecular flexibility index (Phi) is 5.24. The summed E-state index contributed by atoms with van der Waals surface area (Å²) in [6, 6.07) is 10.3. The van der Waals surface area contributed by atoms with Gasteiger partial charge in [-0.05, 0) is 0 Å². The van der Waals surface area contributed by atoms with E-state index in [4.69, 9.17) is 9.05 Å². The fourth-order valence-corrected chi connectivity index (χ4v) is 4.64. The van der Waals surface area contributed by atoms with Crippen molar-refractivity contribution < 1.29 is 9.05 Å². The SMILES string of the molecule is CCO[PH](CC)(OCC)c1ccccc1. The molecule has 3 heteroatoms. The molecule has 0 aromatic heterocycles. The summed E-state index contributed by atoms with van der Waals surface area (Å²) in [7, 11) is -2.15. The van der Waals surface area contributed by atoms with Gasteiger partial charge in [-0.25, -0.2) is 0 Å². The summed E-state index contributed by atoms with van der Waals surface area (Å²) in [6.07, 6.45) is 0.957. The minimum absolute atomic E-state index is 0.717. The third-order valence-corrected chi connectivity index (χ3v) is 6.09. The Labute approximate surface area is 93.1 Å². The van der Waals surface area contributed by atoms with Crippen LogP contribution in [-0.2, 0) is 9.05 Å². The second-order valence-electron chi connectivity index (χ2n) is 3.34. The summed E-state index contributed by atoms with van der Waals surface area (Å²) in [5, 5.41) is 1.23. The molecule has 0 unspecified atom stereocenters. The van der Waals surface area contributed by atoms with Gasteiger partial charge in [-0.15, -0.1) is 0 Å². The number of benzene rings is 1. The normalized spacial score (nSPS) is 12.7. The Balaban J connectivity index is 2.97. The Morgan fingerprint density at radius 3 is 1.87 bits per heavy atom. The van der Waals surface area contributed by atoms with Crippen LogP contribution in [0.25, 0.3) is 0 Å². The van der Waals surface area contributed by atoms with Crippen molar-refractivity contribution in [2.24, 2.45) is 0 Å². The molecule has 1 rings (SSSR count). The van der Waals surface area contributed by atoms with Crippen molar-refractivity contribution in [3.63, 3.8) is 0 Å². The van der Waals surface area contributed by atoms with Crippen molar-refractivity contribution in [1.29, 1.82) is 0 Å². The zero-order valence-corrected chi connectivity index (χ0v) is 10.8. The van der Waals surface area contributed by atoms with Crippen LogP contribution in [0.1, 0.15) is 20.8 Å². The predicted molar refractivity (Wildman–Crippen MR) is 68.2 cm³/mol. The van der Waals surface area contributed by atoms with E-state index in [0.717, 1.165) is 19.4 Å². The van der Waals surface area contributed by atoms with E-state index in [1.807, 2.05) is 32.0 Å². The molecule has 1 aromatic rings. The van der Waals surface area contributed by atoms with Gasteiger partial charge >= 0.3 is 92.5 Å². The van der Waals surface area contributed by atoms with Gasteiger partial charge in [-0.1, -0.05) is 0 Å². The molecule has 0 radical (unpaired) electrons. The van der Waals surface area contributed by atoms with E-state index in [9.17, 15) is 0 Å². The van der Waals surface area contributed by atoms with E-state index in [1.54, 1.807) is 0 Å². The summed E-state index contributed by atoms with van der Waals surface area (Å²) in [6.45, 7) is 7.63. The molecule has 0 amide bonds. The molecule has 0 aliphatic heterocycles. The van der Waals surface area contributed by atoms with Gasteiger partial charge in [0.1, 0.15) is 0 Å². The van der Waals surface area contributed by atoms with Crippen LogP contribution >= 0.6 is 7.72 Å². The van der Waals surface area contributed by atoms with Gasteiger partial charge in [-0.2, -0.15) is 0 Å². The van der Waals surface area contributed by atoms with Gasteiger partial charge in [0, 0.05) is 0 Å². The molecule has 0 aliphatic rings. The van der Waals surface area contributed by atoms with Crippen LogP contribution in [0, 0.1) is 0 Å². The van der Waals surface area contributed by atoms with E-state index in [1.165, 1.54) is 5.30 Å². The minimum atomic E-state index is -2.15. The average Bonchev–Trinajstić information content (AvgIpc) is 2.30. The van der Waals surface area contributed by atoms with E-state index in [0.29, 0.717) is 0 Å². The molecule has 2 nitrogen and oxygen atoms in total. The fraction of sp³-hybridized carbons (Fsp3) is 0.500. The Morgan fingerprint density at radius 2 is 1.47 bits per heavy atom.